The normalized spacial score (nSPS) is 10.7. The average molecular weight is 382 g/mol. The molecule has 1 aromatic carbocycles. The summed E-state index contributed by atoms with van der Waals surface area (Å²) in [7, 11) is 0. The van der Waals surface area contributed by atoms with E-state index in [9.17, 15) is 14.9 Å². The predicted octanol–water partition coefficient (Wildman–Crippen LogP) is 3.70. The molecule has 1 heterocycles. The third-order valence-corrected chi connectivity index (χ3v) is 3.33. The summed E-state index contributed by atoms with van der Waals surface area (Å²) in [5.74, 6) is 0.909. The number of nitrogens with zero attached hydrogens (tertiary/aromatic N) is 2. The molecule has 0 spiro atoms. The van der Waals surface area contributed by atoms with Gasteiger partial charge in [-0.1, -0.05) is 0 Å². The van der Waals surface area contributed by atoms with Crippen LogP contribution in [0.25, 0.3) is 11.3 Å². The van der Waals surface area contributed by atoms with Crippen molar-refractivity contribution in [1.29, 1.82) is 0 Å². The van der Waals surface area contributed by atoms with E-state index in [1.807, 2.05) is 0 Å². The first kappa shape index (κ1) is 16.7. The van der Waals surface area contributed by atoms with E-state index in [1.54, 1.807) is 25.1 Å². The van der Waals surface area contributed by atoms with Gasteiger partial charge in [-0.2, -0.15) is 5.10 Å². The first-order valence-corrected chi connectivity index (χ1v) is 7.30. The number of ether oxygens (including phenoxy) is 1. The molecule has 8 nitrogen and oxygen atoms in total. The second-order valence-electron chi connectivity index (χ2n) is 4.21. The number of hydrogen-bond acceptors (Lipinski definition) is 6. The fraction of sp³-hybridized carbons (Fsp3) is 0.143. The van der Waals surface area contributed by atoms with Crippen LogP contribution in [0.5, 0.6) is 0 Å². The van der Waals surface area contributed by atoms with Gasteiger partial charge in [0.1, 0.15) is 11.5 Å². The fourth-order valence-electron chi connectivity index (χ4n) is 1.70. The van der Waals surface area contributed by atoms with E-state index in [2.05, 4.69) is 31.2 Å². The van der Waals surface area contributed by atoms with Gasteiger partial charge in [-0.15, -0.1) is 0 Å². The number of nitro groups is 1. The molecule has 120 valence electrons. The molecular formula is C14H12BrN3O5. The van der Waals surface area contributed by atoms with E-state index in [-0.39, 0.29) is 12.3 Å². The number of rotatable bonds is 5. The Labute approximate surface area is 139 Å². The van der Waals surface area contributed by atoms with E-state index < -0.39 is 11.0 Å². The molecule has 0 saturated heterocycles. The molecule has 0 aliphatic carbocycles. The molecule has 23 heavy (non-hydrogen) atoms. The molecule has 0 unspecified atom stereocenters. The lowest BCUT2D eigenvalue weighted by Gasteiger charge is -2.00. The quantitative estimate of drug-likeness (QED) is 0.482. The van der Waals surface area contributed by atoms with E-state index in [0.717, 1.165) is 0 Å². The van der Waals surface area contributed by atoms with Crippen molar-refractivity contribution < 1.29 is 18.9 Å². The molecule has 0 aliphatic rings. The third kappa shape index (κ3) is 4.39. The number of halogens is 1. The van der Waals surface area contributed by atoms with Gasteiger partial charge in [0, 0.05) is 22.2 Å². The molecule has 0 bridgehead atoms. The number of benzene rings is 1. The van der Waals surface area contributed by atoms with Gasteiger partial charge in [-0.05, 0) is 41.1 Å². The molecule has 0 radical (unpaired) electrons. The van der Waals surface area contributed by atoms with E-state index in [0.29, 0.717) is 21.6 Å². The standard InChI is InChI=1S/C14H12BrN3O5/c1-2-22-14(19)17-16-8-10-4-6-13(23-10)11-5-3-9(18(20)21)7-12(11)15/h3-8H,2H2,1H3,(H,17,19)/b16-8-. The number of carbonyl (C=O) groups is 1. The fourth-order valence-corrected chi connectivity index (χ4v) is 2.26. The average Bonchev–Trinajstić information content (AvgIpc) is 2.96. The molecule has 0 atom stereocenters. The van der Waals surface area contributed by atoms with Crippen LogP contribution in [-0.4, -0.2) is 23.8 Å². The highest BCUT2D eigenvalue weighted by molar-refractivity contribution is 9.10. The number of nitro benzene ring substituents is 1. The van der Waals surface area contributed by atoms with Crippen LogP contribution in [0.2, 0.25) is 0 Å². The van der Waals surface area contributed by atoms with E-state index >= 15 is 0 Å². The van der Waals surface area contributed by atoms with Crippen LogP contribution in [0.1, 0.15) is 12.7 Å². The Morgan fingerprint density at radius 3 is 2.91 bits per heavy atom. The summed E-state index contributed by atoms with van der Waals surface area (Å²) in [6.07, 6.45) is 0.660. The highest BCUT2D eigenvalue weighted by Gasteiger charge is 2.12. The van der Waals surface area contributed by atoms with Crippen molar-refractivity contribution >= 4 is 33.9 Å². The summed E-state index contributed by atoms with van der Waals surface area (Å²) in [5.41, 5.74) is 2.82. The lowest BCUT2D eigenvalue weighted by Crippen LogP contribution is -2.18. The molecule has 2 aromatic rings. The molecular weight excluding hydrogens is 370 g/mol. The molecule has 1 N–H and O–H groups in total. The van der Waals surface area contributed by atoms with Crippen molar-refractivity contribution in [2.24, 2.45) is 5.10 Å². The van der Waals surface area contributed by atoms with Gasteiger partial charge in [-0.3, -0.25) is 10.1 Å². The number of amides is 1. The van der Waals surface area contributed by atoms with Gasteiger partial charge in [-0.25, -0.2) is 10.2 Å². The number of hydrogen-bond donors (Lipinski definition) is 1. The number of nitrogens with one attached hydrogen (secondary N) is 1. The number of furan rings is 1. The highest BCUT2D eigenvalue weighted by Crippen LogP contribution is 2.32. The van der Waals surface area contributed by atoms with Crippen LogP contribution in [0, 0.1) is 10.1 Å². The van der Waals surface area contributed by atoms with Crippen molar-refractivity contribution in [2.45, 2.75) is 6.92 Å². The summed E-state index contributed by atoms with van der Waals surface area (Å²) >= 11 is 3.28. The Morgan fingerprint density at radius 1 is 1.48 bits per heavy atom. The maximum atomic E-state index is 11.1. The molecule has 0 saturated carbocycles. The maximum absolute atomic E-state index is 11.1. The van der Waals surface area contributed by atoms with Crippen molar-refractivity contribution in [2.75, 3.05) is 6.61 Å². The SMILES string of the molecule is CCOC(=O)N/N=C\c1ccc(-c2ccc([N+](=O)[O-])cc2Br)o1. The third-order valence-electron chi connectivity index (χ3n) is 2.68. The number of hydrazone groups is 1. The van der Waals surface area contributed by atoms with Gasteiger partial charge >= 0.3 is 6.09 Å². The van der Waals surface area contributed by atoms with Gasteiger partial charge < -0.3 is 9.15 Å². The Morgan fingerprint density at radius 2 is 2.26 bits per heavy atom. The predicted molar refractivity (Wildman–Crippen MR) is 86.3 cm³/mol. The van der Waals surface area contributed by atoms with E-state index in [1.165, 1.54) is 18.3 Å². The lowest BCUT2D eigenvalue weighted by atomic mass is 10.1. The molecule has 0 aliphatic heterocycles. The Balaban J connectivity index is 2.11. The summed E-state index contributed by atoms with van der Waals surface area (Å²) in [5, 5.41) is 14.4. The van der Waals surface area contributed by atoms with E-state index in [4.69, 9.17) is 4.42 Å². The second kappa shape index (κ2) is 7.54. The maximum Gasteiger partial charge on any atom is 0.427 e. The summed E-state index contributed by atoms with van der Waals surface area (Å²) in [4.78, 5) is 21.3. The van der Waals surface area contributed by atoms with Crippen LogP contribution >= 0.6 is 15.9 Å². The van der Waals surface area contributed by atoms with Crippen LogP contribution in [-0.2, 0) is 4.74 Å². The van der Waals surface area contributed by atoms with Crippen molar-refractivity contribution in [3.05, 3.63) is 50.7 Å². The molecule has 1 aromatic heterocycles. The van der Waals surface area contributed by atoms with Gasteiger partial charge in [0.15, 0.2) is 0 Å². The van der Waals surface area contributed by atoms with Gasteiger partial charge in [0.25, 0.3) is 5.69 Å². The van der Waals surface area contributed by atoms with Crippen molar-refractivity contribution in [3.63, 3.8) is 0 Å². The Hall–Kier alpha value is -2.68. The van der Waals surface area contributed by atoms with Gasteiger partial charge in [0.2, 0.25) is 0 Å². The second-order valence-corrected chi connectivity index (χ2v) is 5.07. The zero-order valence-corrected chi connectivity index (χ0v) is 13.6. The Kier molecular flexibility index (Phi) is 5.47. The smallest absolute Gasteiger partial charge is 0.427 e. The zero-order chi connectivity index (χ0) is 16.8. The van der Waals surface area contributed by atoms with Crippen molar-refractivity contribution in [1.82, 2.24) is 5.43 Å². The topological polar surface area (TPSA) is 107 Å². The number of non-ortho nitro benzene ring substituents is 1. The van der Waals surface area contributed by atoms with Crippen LogP contribution in [0.3, 0.4) is 0 Å². The summed E-state index contributed by atoms with van der Waals surface area (Å²) < 4.78 is 10.7. The van der Waals surface area contributed by atoms with Crippen LogP contribution in [0.15, 0.2) is 44.3 Å². The van der Waals surface area contributed by atoms with Crippen molar-refractivity contribution in [3.8, 4) is 11.3 Å². The minimum absolute atomic E-state index is 0.0207. The monoisotopic (exact) mass is 381 g/mol. The summed E-state index contributed by atoms with van der Waals surface area (Å²) in [6.45, 7) is 1.94. The van der Waals surface area contributed by atoms with Crippen LogP contribution in [0.4, 0.5) is 10.5 Å². The minimum atomic E-state index is -0.659. The number of carbonyl (C=O) groups excluding carboxylic acids is 1. The molecule has 9 heteroatoms. The lowest BCUT2D eigenvalue weighted by molar-refractivity contribution is -0.384. The summed E-state index contributed by atoms with van der Waals surface area (Å²) in [6, 6.07) is 7.71. The molecule has 1 amide bonds. The highest BCUT2D eigenvalue weighted by atomic mass is 79.9. The molecule has 0 fully saturated rings. The minimum Gasteiger partial charge on any atom is -0.455 e. The first-order valence-electron chi connectivity index (χ1n) is 6.51. The molecule has 2 rings (SSSR count). The Bertz CT molecular complexity index is 757. The van der Waals surface area contributed by atoms with Gasteiger partial charge in [0.05, 0.1) is 17.7 Å². The van der Waals surface area contributed by atoms with Crippen LogP contribution < -0.4 is 5.43 Å². The zero-order valence-electron chi connectivity index (χ0n) is 12.0. The first-order chi connectivity index (χ1) is 11.0. The largest absolute Gasteiger partial charge is 0.455 e.